The maximum atomic E-state index is 3.77. The predicted molar refractivity (Wildman–Crippen MR) is 99.1 cm³/mol. The first-order valence-corrected chi connectivity index (χ1v) is 10.1. The van der Waals surface area contributed by atoms with Gasteiger partial charge in [0.25, 0.3) is 0 Å². The lowest BCUT2D eigenvalue weighted by Gasteiger charge is -2.40. The third-order valence-electron chi connectivity index (χ3n) is 5.11. The van der Waals surface area contributed by atoms with Gasteiger partial charge in [0.05, 0.1) is 0 Å². The molecule has 1 aromatic rings. The zero-order valence-electron chi connectivity index (χ0n) is 14.1. The normalized spacial score (nSPS) is 24.6. The molecule has 2 heterocycles. The number of nitrogens with zero attached hydrogens (tertiary/aromatic N) is 1. The second-order valence-electron chi connectivity index (χ2n) is 7.10. The van der Waals surface area contributed by atoms with Crippen molar-refractivity contribution in [1.29, 1.82) is 0 Å². The van der Waals surface area contributed by atoms with E-state index in [1.165, 1.54) is 61.5 Å². The summed E-state index contributed by atoms with van der Waals surface area (Å²) in [4.78, 5) is 2.75. The summed E-state index contributed by atoms with van der Waals surface area (Å²) in [7, 11) is 0. The molecule has 2 aliphatic heterocycles. The number of hydrogen-bond donors (Lipinski definition) is 1. The van der Waals surface area contributed by atoms with Crippen LogP contribution in [0.1, 0.15) is 51.0 Å². The van der Waals surface area contributed by atoms with E-state index in [2.05, 4.69) is 60.1 Å². The van der Waals surface area contributed by atoms with Crippen LogP contribution in [0.25, 0.3) is 0 Å². The summed E-state index contributed by atoms with van der Waals surface area (Å²) in [5, 5.41) is 3.77. The van der Waals surface area contributed by atoms with Crippen LogP contribution >= 0.6 is 11.8 Å². The summed E-state index contributed by atoms with van der Waals surface area (Å²) < 4.78 is 0. The summed E-state index contributed by atoms with van der Waals surface area (Å²) in [6, 6.07) is 10.5. The van der Waals surface area contributed by atoms with Crippen molar-refractivity contribution in [3.05, 3.63) is 29.8 Å². The van der Waals surface area contributed by atoms with Gasteiger partial charge in [-0.3, -0.25) is 4.90 Å². The van der Waals surface area contributed by atoms with Crippen LogP contribution in [-0.4, -0.2) is 41.6 Å². The highest BCUT2D eigenvalue weighted by Gasteiger charge is 2.26. The number of likely N-dealkylation sites (tertiary alicyclic amines) is 1. The van der Waals surface area contributed by atoms with Gasteiger partial charge in [-0.25, -0.2) is 0 Å². The molecule has 1 N–H and O–H groups in total. The van der Waals surface area contributed by atoms with Crippen molar-refractivity contribution in [3.63, 3.8) is 0 Å². The SMILES string of the molecule is CC(C)c1ccc(NC2CCCN(C3CCSCC3)C2)cc1. The molecule has 3 heteroatoms. The van der Waals surface area contributed by atoms with Gasteiger partial charge in [-0.1, -0.05) is 26.0 Å². The standard InChI is InChI=1S/C19H30N2S/c1-15(2)16-5-7-17(8-6-16)20-18-4-3-11-21(14-18)19-9-12-22-13-10-19/h5-8,15,18-20H,3-4,9-14H2,1-2H3. The molecule has 2 fully saturated rings. The van der Waals surface area contributed by atoms with Gasteiger partial charge >= 0.3 is 0 Å². The smallest absolute Gasteiger partial charge is 0.0389 e. The molecule has 0 radical (unpaired) electrons. The van der Waals surface area contributed by atoms with Crippen LogP contribution in [0.5, 0.6) is 0 Å². The first kappa shape index (κ1) is 16.2. The zero-order chi connectivity index (χ0) is 15.4. The topological polar surface area (TPSA) is 15.3 Å². The van der Waals surface area contributed by atoms with E-state index < -0.39 is 0 Å². The molecule has 1 unspecified atom stereocenters. The van der Waals surface area contributed by atoms with Gasteiger partial charge in [0.2, 0.25) is 0 Å². The Hall–Kier alpha value is -0.670. The number of hydrogen-bond acceptors (Lipinski definition) is 3. The quantitative estimate of drug-likeness (QED) is 0.874. The molecule has 0 spiro atoms. The number of anilines is 1. The molecular weight excluding hydrogens is 288 g/mol. The van der Waals surface area contributed by atoms with Crippen LogP contribution in [0.3, 0.4) is 0 Å². The van der Waals surface area contributed by atoms with Gasteiger partial charge in [0.1, 0.15) is 0 Å². The summed E-state index contributed by atoms with van der Waals surface area (Å²) >= 11 is 2.13. The highest BCUT2D eigenvalue weighted by Crippen LogP contribution is 2.26. The third kappa shape index (κ3) is 4.20. The van der Waals surface area contributed by atoms with Gasteiger partial charge in [0, 0.05) is 24.3 Å². The summed E-state index contributed by atoms with van der Waals surface area (Å²) in [5.74, 6) is 3.33. The van der Waals surface area contributed by atoms with Crippen LogP contribution < -0.4 is 5.32 Å². The highest BCUT2D eigenvalue weighted by atomic mass is 32.2. The number of rotatable bonds is 4. The van der Waals surface area contributed by atoms with Crippen molar-refractivity contribution < 1.29 is 0 Å². The van der Waals surface area contributed by atoms with Gasteiger partial charge in [-0.05, 0) is 67.3 Å². The Kier molecular flexibility index (Phi) is 5.70. The molecule has 0 aliphatic carbocycles. The first-order valence-electron chi connectivity index (χ1n) is 8.90. The fourth-order valence-electron chi connectivity index (χ4n) is 3.71. The van der Waals surface area contributed by atoms with E-state index in [1.807, 2.05) is 0 Å². The number of thioether (sulfide) groups is 1. The van der Waals surface area contributed by atoms with E-state index >= 15 is 0 Å². The zero-order valence-corrected chi connectivity index (χ0v) is 14.9. The number of benzene rings is 1. The summed E-state index contributed by atoms with van der Waals surface area (Å²) in [6.07, 6.45) is 5.43. The Bertz CT molecular complexity index is 451. The molecular formula is C19H30N2S. The minimum atomic E-state index is 0.614. The molecule has 3 rings (SSSR count). The van der Waals surface area contributed by atoms with E-state index in [0.717, 1.165) is 6.04 Å². The van der Waals surface area contributed by atoms with Crippen LogP contribution in [0.2, 0.25) is 0 Å². The monoisotopic (exact) mass is 318 g/mol. The van der Waals surface area contributed by atoms with Crippen LogP contribution in [-0.2, 0) is 0 Å². The fourth-order valence-corrected chi connectivity index (χ4v) is 4.79. The molecule has 22 heavy (non-hydrogen) atoms. The average molecular weight is 319 g/mol. The van der Waals surface area contributed by atoms with E-state index in [-0.39, 0.29) is 0 Å². The number of piperidine rings is 1. The molecule has 2 aliphatic rings. The molecule has 122 valence electrons. The van der Waals surface area contributed by atoms with Crippen LogP contribution in [0.4, 0.5) is 5.69 Å². The molecule has 1 atom stereocenters. The predicted octanol–water partition coefficient (Wildman–Crippen LogP) is 4.58. The number of nitrogens with one attached hydrogen (secondary N) is 1. The van der Waals surface area contributed by atoms with Crippen molar-refractivity contribution in [1.82, 2.24) is 4.90 Å². The highest BCUT2D eigenvalue weighted by molar-refractivity contribution is 7.99. The molecule has 0 saturated carbocycles. The van der Waals surface area contributed by atoms with Gasteiger partial charge < -0.3 is 5.32 Å². The Morgan fingerprint density at radius 3 is 2.50 bits per heavy atom. The van der Waals surface area contributed by atoms with Crippen molar-refractivity contribution in [2.24, 2.45) is 0 Å². The van der Waals surface area contributed by atoms with E-state index in [9.17, 15) is 0 Å². The van der Waals surface area contributed by atoms with Gasteiger partial charge in [0.15, 0.2) is 0 Å². The van der Waals surface area contributed by atoms with E-state index in [1.54, 1.807) is 0 Å². The lowest BCUT2D eigenvalue weighted by atomic mass is 10.00. The Morgan fingerprint density at radius 1 is 1.09 bits per heavy atom. The molecule has 0 bridgehead atoms. The third-order valence-corrected chi connectivity index (χ3v) is 6.16. The van der Waals surface area contributed by atoms with Crippen LogP contribution in [0.15, 0.2) is 24.3 Å². The second-order valence-corrected chi connectivity index (χ2v) is 8.32. The van der Waals surface area contributed by atoms with Crippen molar-refractivity contribution in [2.75, 3.05) is 29.9 Å². The van der Waals surface area contributed by atoms with Gasteiger partial charge in [-0.2, -0.15) is 11.8 Å². The fraction of sp³-hybridized carbons (Fsp3) is 0.684. The Balaban J connectivity index is 1.55. The maximum absolute atomic E-state index is 3.77. The van der Waals surface area contributed by atoms with E-state index in [0.29, 0.717) is 12.0 Å². The largest absolute Gasteiger partial charge is 0.381 e. The second kappa shape index (κ2) is 7.74. The Morgan fingerprint density at radius 2 is 1.82 bits per heavy atom. The lowest BCUT2D eigenvalue weighted by molar-refractivity contribution is 0.146. The average Bonchev–Trinajstić information content (AvgIpc) is 2.56. The summed E-state index contributed by atoms with van der Waals surface area (Å²) in [5.41, 5.74) is 2.71. The minimum Gasteiger partial charge on any atom is -0.381 e. The van der Waals surface area contributed by atoms with E-state index in [4.69, 9.17) is 0 Å². The molecule has 0 amide bonds. The summed E-state index contributed by atoms with van der Waals surface area (Å²) in [6.45, 7) is 7.04. The maximum Gasteiger partial charge on any atom is 0.0389 e. The van der Waals surface area contributed by atoms with Crippen LogP contribution in [0, 0.1) is 0 Å². The van der Waals surface area contributed by atoms with Crippen molar-refractivity contribution >= 4 is 17.4 Å². The molecule has 2 nitrogen and oxygen atoms in total. The lowest BCUT2D eigenvalue weighted by Crippen LogP contribution is -2.48. The van der Waals surface area contributed by atoms with Gasteiger partial charge in [-0.15, -0.1) is 0 Å². The first-order chi connectivity index (χ1) is 10.7. The minimum absolute atomic E-state index is 0.614. The Labute approximate surface area is 140 Å². The van der Waals surface area contributed by atoms with Crippen molar-refractivity contribution in [2.45, 2.75) is 57.5 Å². The van der Waals surface area contributed by atoms with Crippen molar-refractivity contribution in [3.8, 4) is 0 Å². The molecule has 2 saturated heterocycles. The molecule has 0 aromatic heterocycles. The molecule has 1 aromatic carbocycles.